The number of amides is 1. The average molecular weight is 239 g/mol. The Morgan fingerprint density at radius 2 is 2.00 bits per heavy atom. The van der Waals surface area contributed by atoms with Gasteiger partial charge in [0.15, 0.2) is 0 Å². The number of thioether (sulfide) groups is 1. The van der Waals surface area contributed by atoms with Gasteiger partial charge in [-0.25, -0.2) is 0 Å². The van der Waals surface area contributed by atoms with E-state index in [2.05, 4.69) is 5.32 Å². The lowest BCUT2D eigenvalue weighted by atomic mass is 9.95. The zero-order chi connectivity index (χ0) is 11.4. The molecular weight excluding hydrogens is 218 g/mol. The molecule has 2 saturated carbocycles. The van der Waals surface area contributed by atoms with Crippen molar-refractivity contribution in [1.82, 2.24) is 5.32 Å². The number of hydrogen-bond acceptors (Lipinski definition) is 2. The van der Waals surface area contributed by atoms with Gasteiger partial charge in [-0.15, -0.1) is 11.8 Å². The van der Waals surface area contributed by atoms with E-state index < -0.39 is 0 Å². The smallest absolute Gasteiger partial charge is 0.236 e. The molecule has 16 heavy (non-hydrogen) atoms. The van der Waals surface area contributed by atoms with Crippen molar-refractivity contribution in [2.45, 2.75) is 62.7 Å². The molecule has 0 aliphatic heterocycles. The highest BCUT2D eigenvalue weighted by atomic mass is 32.2. The Labute approximate surface area is 102 Å². The molecule has 0 spiro atoms. The molecule has 2 rings (SSSR count). The summed E-state index contributed by atoms with van der Waals surface area (Å²) in [4.78, 5) is 12.1. The van der Waals surface area contributed by atoms with Gasteiger partial charge in [0, 0.05) is 6.04 Å². The molecule has 1 N–H and O–H groups in total. The summed E-state index contributed by atoms with van der Waals surface area (Å²) in [6.07, 6.45) is 10.3. The van der Waals surface area contributed by atoms with Crippen molar-refractivity contribution in [3.63, 3.8) is 0 Å². The van der Waals surface area contributed by atoms with Crippen LogP contribution in [0, 0.1) is 0 Å². The fourth-order valence-electron chi connectivity index (χ4n) is 2.27. The quantitative estimate of drug-likeness (QED) is 0.816. The predicted octanol–water partition coefficient (Wildman–Crippen LogP) is 3.23. The van der Waals surface area contributed by atoms with E-state index in [9.17, 15) is 4.79 Å². The van der Waals surface area contributed by atoms with E-state index in [4.69, 9.17) is 0 Å². The predicted molar refractivity (Wildman–Crippen MR) is 69.4 cm³/mol. The van der Waals surface area contributed by atoms with Gasteiger partial charge in [-0.1, -0.05) is 25.3 Å². The Morgan fingerprint density at radius 3 is 2.56 bits per heavy atom. The van der Waals surface area contributed by atoms with Gasteiger partial charge in [-0.3, -0.25) is 4.79 Å². The third kappa shape index (κ3) is 2.82. The third-order valence-corrected chi connectivity index (χ3v) is 4.94. The van der Waals surface area contributed by atoms with Crippen molar-refractivity contribution in [2.75, 3.05) is 0 Å². The molecule has 0 radical (unpaired) electrons. The van der Waals surface area contributed by atoms with Crippen LogP contribution in [-0.2, 0) is 4.79 Å². The fraction of sp³-hybridized carbons (Fsp3) is 0.769. The van der Waals surface area contributed by atoms with Crippen LogP contribution in [0.3, 0.4) is 0 Å². The monoisotopic (exact) mass is 239 g/mol. The van der Waals surface area contributed by atoms with Crippen molar-refractivity contribution < 1.29 is 4.79 Å². The van der Waals surface area contributed by atoms with E-state index in [1.807, 2.05) is 18.4 Å². The van der Waals surface area contributed by atoms with Crippen LogP contribution in [0.5, 0.6) is 0 Å². The van der Waals surface area contributed by atoms with Crippen LogP contribution in [0.2, 0.25) is 0 Å². The SMILES string of the molecule is C/C=C/SC1(C(=O)NC2CCCCC2)CC1. The van der Waals surface area contributed by atoms with Crippen LogP contribution in [-0.4, -0.2) is 16.7 Å². The highest BCUT2D eigenvalue weighted by molar-refractivity contribution is 8.04. The standard InChI is InChI=1S/C13H21NOS/c1-2-10-16-13(8-9-13)12(15)14-11-6-4-3-5-7-11/h2,10-11H,3-9H2,1H3,(H,14,15)/b10-2+. The Balaban J connectivity index is 1.82. The first kappa shape index (κ1) is 12.0. The largest absolute Gasteiger partial charge is 0.352 e. The molecule has 3 heteroatoms. The summed E-state index contributed by atoms with van der Waals surface area (Å²) in [5.41, 5.74) is 0. The van der Waals surface area contributed by atoms with Crippen LogP contribution in [0.25, 0.3) is 0 Å². The van der Waals surface area contributed by atoms with E-state index in [1.54, 1.807) is 11.8 Å². The van der Waals surface area contributed by atoms with E-state index in [1.165, 1.54) is 32.1 Å². The second-order valence-electron chi connectivity index (χ2n) is 4.89. The summed E-state index contributed by atoms with van der Waals surface area (Å²) in [5, 5.41) is 5.29. The molecule has 0 saturated heterocycles. The van der Waals surface area contributed by atoms with Gasteiger partial charge in [0.25, 0.3) is 0 Å². The van der Waals surface area contributed by atoms with Crippen LogP contribution >= 0.6 is 11.8 Å². The van der Waals surface area contributed by atoms with Gasteiger partial charge in [0.2, 0.25) is 5.91 Å². The van der Waals surface area contributed by atoms with Gasteiger partial charge in [0.05, 0.1) is 4.75 Å². The lowest BCUT2D eigenvalue weighted by molar-refractivity contribution is -0.122. The maximum atomic E-state index is 12.1. The van der Waals surface area contributed by atoms with Gasteiger partial charge in [-0.05, 0) is 38.0 Å². The van der Waals surface area contributed by atoms with Gasteiger partial charge >= 0.3 is 0 Å². The zero-order valence-electron chi connectivity index (χ0n) is 10.00. The minimum Gasteiger partial charge on any atom is -0.352 e. The van der Waals surface area contributed by atoms with Crippen molar-refractivity contribution in [2.24, 2.45) is 0 Å². The van der Waals surface area contributed by atoms with Crippen molar-refractivity contribution >= 4 is 17.7 Å². The highest BCUT2D eigenvalue weighted by Crippen LogP contribution is 2.49. The molecule has 0 unspecified atom stereocenters. The molecule has 2 nitrogen and oxygen atoms in total. The Hall–Kier alpha value is -0.440. The Kier molecular flexibility index (Phi) is 3.95. The summed E-state index contributed by atoms with van der Waals surface area (Å²) >= 11 is 1.69. The molecule has 0 aromatic carbocycles. The highest BCUT2D eigenvalue weighted by Gasteiger charge is 2.50. The van der Waals surface area contributed by atoms with Crippen LogP contribution in [0.4, 0.5) is 0 Å². The molecule has 0 bridgehead atoms. The molecule has 2 aliphatic carbocycles. The maximum absolute atomic E-state index is 12.1. The molecule has 2 fully saturated rings. The van der Waals surface area contributed by atoms with Crippen molar-refractivity contribution in [3.8, 4) is 0 Å². The number of carbonyl (C=O) groups excluding carboxylic acids is 1. The first-order valence-electron chi connectivity index (χ1n) is 6.37. The van der Waals surface area contributed by atoms with Crippen molar-refractivity contribution in [1.29, 1.82) is 0 Å². The van der Waals surface area contributed by atoms with Crippen LogP contribution < -0.4 is 5.32 Å². The molecule has 1 amide bonds. The molecule has 0 aromatic rings. The number of hydrogen-bond donors (Lipinski definition) is 1. The lowest BCUT2D eigenvalue weighted by Gasteiger charge is -2.24. The minimum atomic E-state index is -0.107. The van der Waals surface area contributed by atoms with E-state index in [-0.39, 0.29) is 10.7 Å². The average Bonchev–Trinajstić information content (AvgIpc) is 3.09. The summed E-state index contributed by atoms with van der Waals surface area (Å²) in [6, 6.07) is 0.449. The summed E-state index contributed by atoms with van der Waals surface area (Å²) in [6.45, 7) is 2.00. The van der Waals surface area contributed by atoms with E-state index in [0.717, 1.165) is 12.8 Å². The van der Waals surface area contributed by atoms with E-state index >= 15 is 0 Å². The van der Waals surface area contributed by atoms with E-state index in [0.29, 0.717) is 6.04 Å². The van der Waals surface area contributed by atoms with Gasteiger partial charge in [-0.2, -0.15) is 0 Å². The molecular formula is C13H21NOS. The second kappa shape index (κ2) is 5.26. The molecule has 0 aromatic heterocycles. The maximum Gasteiger partial charge on any atom is 0.236 e. The minimum absolute atomic E-state index is 0.107. The first-order chi connectivity index (χ1) is 7.77. The van der Waals surface area contributed by atoms with Crippen LogP contribution in [0.15, 0.2) is 11.5 Å². The normalized spacial score (nSPS) is 24.6. The number of rotatable bonds is 4. The Morgan fingerprint density at radius 1 is 1.31 bits per heavy atom. The molecule has 0 atom stereocenters. The second-order valence-corrected chi connectivity index (χ2v) is 6.18. The number of allylic oxidation sites excluding steroid dienone is 1. The van der Waals surface area contributed by atoms with Gasteiger partial charge in [0.1, 0.15) is 0 Å². The Bertz CT molecular complexity index is 278. The molecule has 0 heterocycles. The van der Waals surface area contributed by atoms with Gasteiger partial charge < -0.3 is 5.32 Å². The third-order valence-electron chi connectivity index (χ3n) is 3.49. The lowest BCUT2D eigenvalue weighted by Crippen LogP contribution is -2.42. The fourth-order valence-corrected chi connectivity index (χ4v) is 3.17. The zero-order valence-corrected chi connectivity index (χ0v) is 10.8. The summed E-state index contributed by atoms with van der Waals surface area (Å²) in [7, 11) is 0. The van der Waals surface area contributed by atoms with Crippen molar-refractivity contribution in [3.05, 3.63) is 11.5 Å². The molecule has 90 valence electrons. The number of nitrogens with one attached hydrogen (secondary N) is 1. The number of carbonyl (C=O) groups is 1. The molecule has 2 aliphatic rings. The first-order valence-corrected chi connectivity index (χ1v) is 7.25. The van der Waals surface area contributed by atoms with Crippen LogP contribution in [0.1, 0.15) is 51.9 Å². The summed E-state index contributed by atoms with van der Waals surface area (Å²) in [5.74, 6) is 0.280. The summed E-state index contributed by atoms with van der Waals surface area (Å²) < 4.78 is -0.107. The topological polar surface area (TPSA) is 29.1 Å².